The number of carbonyl (C=O) groups excluding carboxylic acids is 1. The Morgan fingerprint density at radius 1 is 1.04 bits per heavy atom. The van der Waals surface area contributed by atoms with Gasteiger partial charge in [-0.25, -0.2) is 4.98 Å². The lowest BCUT2D eigenvalue weighted by Gasteiger charge is -2.26. The van der Waals surface area contributed by atoms with Gasteiger partial charge in [-0.05, 0) is 111 Å². The molecule has 0 N–H and O–H groups in total. The van der Waals surface area contributed by atoms with Crippen LogP contribution in [0.5, 0.6) is 11.5 Å². The average Bonchev–Trinajstić information content (AvgIpc) is 3.50. The number of thiazole rings is 1. The van der Waals surface area contributed by atoms with Gasteiger partial charge in [0.15, 0.2) is 0 Å². The Labute approximate surface area is 287 Å². The van der Waals surface area contributed by atoms with Crippen molar-refractivity contribution < 1.29 is 19.0 Å². The average molecular weight is 658 g/mol. The molecule has 6 rings (SSSR count). The van der Waals surface area contributed by atoms with Crippen molar-refractivity contribution in [3.63, 3.8) is 0 Å². The normalized spacial score (nSPS) is 14.5. The van der Waals surface area contributed by atoms with E-state index in [0.29, 0.717) is 19.1 Å². The molecular formula is C42H43NO4S. The Kier molecular flexibility index (Phi) is 10.1. The number of allylic oxidation sites excluding steroid dienone is 1. The van der Waals surface area contributed by atoms with Crippen LogP contribution in [0.1, 0.15) is 61.3 Å². The number of aromatic nitrogens is 1. The summed E-state index contributed by atoms with van der Waals surface area (Å²) >= 11 is 1.66. The third-order valence-electron chi connectivity index (χ3n) is 8.93. The van der Waals surface area contributed by atoms with Crippen molar-refractivity contribution in [2.45, 2.75) is 65.4 Å². The second-order valence-electron chi connectivity index (χ2n) is 12.5. The summed E-state index contributed by atoms with van der Waals surface area (Å²) in [7, 11) is 0. The minimum Gasteiger partial charge on any atom is -0.493 e. The van der Waals surface area contributed by atoms with Crippen molar-refractivity contribution in [3.05, 3.63) is 114 Å². The summed E-state index contributed by atoms with van der Waals surface area (Å²) in [5.41, 5.74) is 10.5. The Morgan fingerprint density at radius 3 is 2.67 bits per heavy atom. The van der Waals surface area contributed by atoms with Gasteiger partial charge < -0.3 is 14.2 Å². The number of hydrogen-bond donors (Lipinski definition) is 0. The molecule has 5 aromatic rings. The van der Waals surface area contributed by atoms with E-state index in [1.165, 1.54) is 11.1 Å². The standard InChI is InChI=1S/C42H43NO4S/c1-7-11-28(6)47-38-17-15-26(4)21-34(38)30-13-10-14-32(23-30)42-43-36-22-27(5)33(25-39(44)45-9-3)40(41(36)48-42)31-16-18-37-35(24-31)29(12-8-2)19-20-46-37/h7-8,10,13-18,21-24,28-29H,1-2,9,11-12,19-20,25H2,3-6H3/t28-,29?/m0/s1. The maximum Gasteiger partial charge on any atom is 0.310 e. The summed E-state index contributed by atoms with van der Waals surface area (Å²) in [4.78, 5) is 18.1. The maximum atomic E-state index is 12.9. The van der Waals surface area contributed by atoms with Gasteiger partial charge in [-0.1, -0.05) is 48.0 Å². The van der Waals surface area contributed by atoms with E-state index in [1.807, 2.05) is 19.1 Å². The predicted octanol–water partition coefficient (Wildman–Crippen LogP) is 10.8. The lowest BCUT2D eigenvalue weighted by molar-refractivity contribution is -0.142. The first-order chi connectivity index (χ1) is 23.3. The molecule has 48 heavy (non-hydrogen) atoms. The van der Waals surface area contributed by atoms with Crippen molar-refractivity contribution >= 4 is 27.5 Å². The van der Waals surface area contributed by atoms with Gasteiger partial charge in [0.2, 0.25) is 0 Å². The molecule has 5 nitrogen and oxygen atoms in total. The number of esters is 1. The molecule has 0 spiro atoms. The van der Waals surface area contributed by atoms with E-state index in [2.05, 4.69) is 101 Å². The highest BCUT2D eigenvalue weighted by atomic mass is 32.1. The number of fused-ring (bicyclic) bond motifs is 2. The summed E-state index contributed by atoms with van der Waals surface area (Å²) in [6.07, 6.45) is 6.69. The smallest absolute Gasteiger partial charge is 0.310 e. The van der Waals surface area contributed by atoms with E-state index in [1.54, 1.807) is 11.3 Å². The van der Waals surface area contributed by atoms with Gasteiger partial charge in [0.1, 0.15) is 16.5 Å². The lowest BCUT2D eigenvalue weighted by atomic mass is 9.86. The van der Waals surface area contributed by atoms with Crippen LogP contribution in [0, 0.1) is 13.8 Å². The molecule has 2 atom stereocenters. The van der Waals surface area contributed by atoms with Crippen molar-refractivity contribution in [1.82, 2.24) is 4.98 Å². The van der Waals surface area contributed by atoms with Crippen molar-refractivity contribution in [2.24, 2.45) is 0 Å². The first kappa shape index (κ1) is 33.2. The van der Waals surface area contributed by atoms with Crippen LogP contribution in [0.3, 0.4) is 0 Å². The molecule has 0 saturated heterocycles. The van der Waals surface area contributed by atoms with Crippen LogP contribution < -0.4 is 9.47 Å². The molecule has 1 unspecified atom stereocenters. The van der Waals surface area contributed by atoms with E-state index in [9.17, 15) is 4.79 Å². The van der Waals surface area contributed by atoms with Crippen molar-refractivity contribution in [3.8, 4) is 44.3 Å². The molecule has 0 saturated carbocycles. The minimum atomic E-state index is -0.233. The minimum absolute atomic E-state index is 0.0177. The molecule has 246 valence electrons. The summed E-state index contributed by atoms with van der Waals surface area (Å²) in [5, 5.41) is 0.918. The van der Waals surface area contributed by atoms with Gasteiger partial charge >= 0.3 is 5.97 Å². The molecule has 0 radical (unpaired) electrons. The first-order valence-electron chi connectivity index (χ1n) is 16.7. The number of nitrogens with zero attached hydrogens (tertiary/aromatic N) is 1. The summed E-state index contributed by atoms with van der Waals surface area (Å²) in [6.45, 7) is 17.0. The van der Waals surface area contributed by atoms with Crippen LogP contribution >= 0.6 is 11.3 Å². The van der Waals surface area contributed by atoms with Crippen LogP contribution in [-0.4, -0.2) is 30.3 Å². The molecular weight excluding hydrogens is 615 g/mol. The number of hydrogen-bond acceptors (Lipinski definition) is 6. The number of carbonyl (C=O) groups is 1. The topological polar surface area (TPSA) is 57.7 Å². The highest BCUT2D eigenvalue weighted by Crippen LogP contribution is 2.45. The molecule has 0 bridgehead atoms. The summed E-state index contributed by atoms with van der Waals surface area (Å²) in [6, 6.07) is 23.4. The van der Waals surface area contributed by atoms with Gasteiger partial charge in [-0.15, -0.1) is 24.5 Å². The van der Waals surface area contributed by atoms with Crippen LogP contribution in [-0.2, 0) is 16.0 Å². The molecule has 1 aromatic heterocycles. The zero-order valence-corrected chi connectivity index (χ0v) is 29.1. The highest BCUT2D eigenvalue weighted by molar-refractivity contribution is 7.22. The maximum absolute atomic E-state index is 12.9. The molecule has 0 fully saturated rings. The van der Waals surface area contributed by atoms with E-state index in [0.717, 1.165) is 84.9 Å². The number of ether oxygens (including phenoxy) is 3. The Hall–Kier alpha value is -4.68. The zero-order chi connectivity index (χ0) is 33.8. The summed E-state index contributed by atoms with van der Waals surface area (Å²) in [5.74, 6) is 1.88. The fourth-order valence-corrected chi connectivity index (χ4v) is 7.74. The summed E-state index contributed by atoms with van der Waals surface area (Å²) < 4.78 is 18.9. The number of benzene rings is 4. The quantitative estimate of drug-likeness (QED) is 0.0987. The molecule has 0 aliphatic carbocycles. The van der Waals surface area contributed by atoms with Crippen LogP contribution in [0.15, 0.2) is 92.0 Å². The zero-order valence-electron chi connectivity index (χ0n) is 28.3. The van der Waals surface area contributed by atoms with Crippen LogP contribution in [0.2, 0.25) is 0 Å². The molecule has 2 heterocycles. The number of rotatable bonds is 12. The van der Waals surface area contributed by atoms with Gasteiger partial charge in [0.25, 0.3) is 0 Å². The van der Waals surface area contributed by atoms with E-state index >= 15 is 0 Å². The fraction of sp³-hybridized carbons (Fsp3) is 0.286. The monoisotopic (exact) mass is 657 g/mol. The van der Waals surface area contributed by atoms with E-state index in [4.69, 9.17) is 19.2 Å². The molecule has 1 aliphatic heterocycles. The van der Waals surface area contributed by atoms with Crippen molar-refractivity contribution in [1.29, 1.82) is 0 Å². The fourth-order valence-electron chi connectivity index (χ4n) is 6.61. The van der Waals surface area contributed by atoms with Crippen LogP contribution in [0.4, 0.5) is 0 Å². The van der Waals surface area contributed by atoms with Crippen molar-refractivity contribution in [2.75, 3.05) is 13.2 Å². The molecule has 6 heteroatoms. The molecule has 1 aliphatic rings. The third-order valence-corrected chi connectivity index (χ3v) is 10.1. The SMILES string of the molecule is C=CCC1CCOc2ccc(-c3c(CC(=O)OCC)c(C)cc4nc(-c5cccc(-c6cc(C)ccc6O[C@@H](C)CC=C)c5)sc34)cc21. The second-order valence-corrected chi connectivity index (χ2v) is 13.5. The van der Waals surface area contributed by atoms with Gasteiger partial charge in [-0.2, -0.15) is 0 Å². The Bertz CT molecular complexity index is 1990. The highest BCUT2D eigenvalue weighted by Gasteiger charge is 2.25. The Morgan fingerprint density at radius 2 is 1.88 bits per heavy atom. The van der Waals surface area contributed by atoms with Gasteiger partial charge in [-0.3, -0.25) is 4.79 Å². The Balaban J connectivity index is 1.49. The van der Waals surface area contributed by atoms with E-state index < -0.39 is 0 Å². The predicted molar refractivity (Wildman–Crippen MR) is 198 cm³/mol. The third kappa shape index (κ3) is 6.95. The first-order valence-corrected chi connectivity index (χ1v) is 17.6. The van der Waals surface area contributed by atoms with Gasteiger partial charge in [0, 0.05) is 23.1 Å². The lowest BCUT2D eigenvalue weighted by Crippen LogP contribution is -2.14. The van der Waals surface area contributed by atoms with Gasteiger partial charge in [0.05, 0.1) is 36.0 Å². The number of aryl methyl sites for hydroxylation is 2. The van der Waals surface area contributed by atoms with Crippen LogP contribution in [0.25, 0.3) is 43.0 Å². The largest absolute Gasteiger partial charge is 0.493 e. The molecule has 0 amide bonds. The second kappa shape index (κ2) is 14.6. The van der Waals surface area contributed by atoms with E-state index in [-0.39, 0.29) is 18.5 Å². The molecule has 4 aromatic carbocycles.